The van der Waals surface area contributed by atoms with Crippen molar-refractivity contribution in [3.63, 3.8) is 0 Å². The number of carbonyl (C=O) groups excluding carboxylic acids is 1. The molecular formula is C33H44FN3O2. The maximum Gasteiger partial charge on any atom is 0.228 e. The minimum absolute atomic E-state index is 0.00117. The molecule has 3 aliphatic heterocycles. The van der Waals surface area contributed by atoms with E-state index >= 15 is 4.39 Å². The summed E-state index contributed by atoms with van der Waals surface area (Å²) in [6, 6.07) is 14.4. The second-order valence-corrected chi connectivity index (χ2v) is 12.6. The molecule has 210 valence electrons. The van der Waals surface area contributed by atoms with Crippen LogP contribution in [-0.4, -0.2) is 49.1 Å². The van der Waals surface area contributed by atoms with Gasteiger partial charge in [-0.2, -0.15) is 0 Å². The van der Waals surface area contributed by atoms with Crippen LogP contribution in [0, 0.1) is 17.7 Å². The predicted molar refractivity (Wildman–Crippen MR) is 152 cm³/mol. The molecular weight excluding hydrogens is 489 g/mol. The van der Waals surface area contributed by atoms with Gasteiger partial charge in [0.2, 0.25) is 5.91 Å². The molecule has 2 aromatic rings. The number of rotatable bonds is 5. The van der Waals surface area contributed by atoms with E-state index in [0.29, 0.717) is 43.6 Å². The Morgan fingerprint density at radius 2 is 1.79 bits per heavy atom. The number of nitrogens with one attached hydrogen (secondary N) is 2. The van der Waals surface area contributed by atoms with Crippen LogP contribution in [0.4, 0.5) is 4.39 Å². The summed E-state index contributed by atoms with van der Waals surface area (Å²) < 4.78 is 21.8. The van der Waals surface area contributed by atoms with Crippen LogP contribution in [0.15, 0.2) is 42.5 Å². The number of fused-ring (bicyclic) bond motifs is 2. The number of halogens is 1. The highest BCUT2D eigenvalue weighted by atomic mass is 19.1. The maximum absolute atomic E-state index is 15.7. The van der Waals surface area contributed by atoms with Crippen molar-refractivity contribution in [3.05, 3.63) is 65.0 Å². The number of benzene rings is 2. The van der Waals surface area contributed by atoms with Crippen molar-refractivity contribution < 1.29 is 13.9 Å². The van der Waals surface area contributed by atoms with Crippen LogP contribution in [0.2, 0.25) is 0 Å². The van der Waals surface area contributed by atoms with Crippen LogP contribution >= 0.6 is 0 Å². The number of hydrogen-bond acceptors (Lipinski definition) is 4. The lowest BCUT2D eigenvalue weighted by atomic mass is 9.67. The fourth-order valence-corrected chi connectivity index (χ4v) is 8.17. The molecule has 2 aromatic carbocycles. The summed E-state index contributed by atoms with van der Waals surface area (Å²) in [5, 5.41) is 7.06. The highest BCUT2D eigenvalue weighted by molar-refractivity contribution is 5.82. The third kappa shape index (κ3) is 4.99. The lowest BCUT2D eigenvalue weighted by Crippen LogP contribution is -2.58. The predicted octanol–water partition coefficient (Wildman–Crippen LogP) is 5.53. The average molecular weight is 534 g/mol. The molecule has 6 rings (SSSR count). The van der Waals surface area contributed by atoms with Gasteiger partial charge in [0, 0.05) is 55.3 Å². The van der Waals surface area contributed by atoms with Crippen molar-refractivity contribution in [1.82, 2.24) is 15.5 Å². The van der Waals surface area contributed by atoms with Crippen LogP contribution in [0.5, 0.6) is 5.75 Å². The van der Waals surface area contributed by atoms with E-state index in [2.05, 4.69) is 45.9 Å². The molecule has 2 saturated heterocycles. The van der Waals surface area contributed by atoms with E-state index in [1.54, 1.807) is 12.1 Å². The van der Waals surface area contributed by atoms with Crippen LogP contribution < -0.4 is 15.4 Å². The number of carbonyl (C=O) groups is 1. The fraction of sp³-hybridized carbons (Fsp3) is 0.606. The highest BCUT2D eigenvalue weighted by Crippen LogP contribution is 2.46. The molecule has 39 heavy (non-hydrogen) atoms. The van der Waals surface area contributed by atoms with Gasteiger partial charge in [-0.1, -0.05) is 49.6 Å². The van der Waals surface area contributed by atoms with Crippen LogP contribution in [0.3, 0.4) is 0 Å². The van der Waals surface area contributed by atoms with Crippen molar-refractivity contribution in [2.75, 3.05) is 26.2 Å². The van der Waals surface area contributed by atoms with E-state index in [-0.39, 0.29) is 29.8 Å². The second kappa shape index (κ2) is 11.2. The molecule has 0 aromatic heterocycles. The summed E-state index contributed by atoms with van der Waals surface area (Å²) in [4.78, 5) is 16.9. The Bertz CT molecular complexity index is 1170. The molecule has 0 bridgehead atoms. The smallest absolute Gasteiger partial charge is 0.228 e. The molecule has 6 heteroatoms. The van der Waals surface area contributed by atoms with Gasteiger partial charge >= 0.3 is 0 Å². The Morgan fingerprint density at radius 3 is 2.56 bits per heavy atom. The molecule has 1 saturated carbocycles. The zero-order chi connectivity index (χ0) is 27.0. The molecule has 0 radical (unpaired) electrons. The van der Waals surface area contributed by atoms with Gasteiger partial charge in [0.05, 0.1) is 12.0 Å². The van der Waals surface area contributed by atoms with Gasteiger partial charge in [0.1, 0.15) is 11.6 Å². The van der Waals surface area contributed by atoms with E-state index in [1.807, 2.05) is 13.8 Å². The standard InChI is InChI=1S/C33H44FN3O2/c1-22(2)39-30-14-13-28(34)31-26(30)18-35-20-33(31)21-36-19-27(33)32(38)37-16-15-25(23-9-5-3-6-10-23)17-29(37)24-11-7-4-8-12-24/h3,5-6,9-10,13-14,22,24-25,27,29,35-36H,4,7-8,11-12,15-21H2,1-2H3. The summed E-state index contributed by atoms with van der Waals surface area (Å²) >= 11 is 0. The zero-order valence-corrected chi connectivity index (χ0v) is 23.6. The van der Waals surface area contributed by atoms with Gasteiger partial charge < -0.3 is 20.3 Å². The summed E-state index contributed by atoms with van der Waals surface area (Å²) in [6.45, 7) is 7.12. The molecule has 1 spiro atoms. The first-order chi connectivity index (χ1) is 19.0. The molecule has 4 aliphatic rings. The quantitative estimate of drug-likeness (QED) is 0.531. The van der Waals surface area contributed by atoms with Crippen molar-refractivity contribution in [1.29, 1.82) is 0 Å². The van der Waals surface area contributed by atoms with E-state index in [9.17, 15) is 4.79 Å². The number of amides is 1. The first-order valence-corrected chi connectivity index (χ1v) is 15.2. The van der Waals surface area contributed by atoms with Crippen LogP contribution in [0.25, 0.3) is 0 Å². The zero-order valence-electron chi connectivity index (χ0n) is 23.6. The Balaban J connectivity index is 1.33. The molecule has 5 nitrogen and oxygen atoms in total. The van der Waals surface area contributed by atoms with Crippen LogP contribution in [0.1, 0.15) is 81.4 Å². The molecule has 2 N–H and O–H groups in total. The minimum Gasteiger partial charge on any atom is -0.491 e. The molecule has 3 heterocycles. The number of hydrogen-bond donors (Lipinski definition) is 2. The lowest BCUT2D eigenvalue weighted by molar-refractivity contribution is -0.142. The average Bonchev–Trinajstić information content (AvgIpc) is 3.38. The fourth-order valence-electron chi connectivity index (χ4n) is 8.17. The largest absolute Gasteiger partial charge is 0.491 e. The van der Waals surface area contributed by atoms with Crippen molar-refractivity contribution in [2.45, 2.75) is 88.8 Å². The third-order valence-electron chi connectivity index (χ3n) is 9.97. The molecule has 4 unspecified atom stereocenters. The van der Waals surface area contributed by atoms with E-state index < -0.39 is 5.41 Å². The van der Waals surface area contributed by atoms with Crippen molar-refractivity contribution in [3.8, 4) is 5.75 Å². The summed E-state index contributed by atoms with van der Waals surface area (Å²) in [5.74, 6) is 1.48. The maximum atomic E-state index is 15.7. The summed E-state index contributed by atoms with van der Waals surface area (Å²) in [6.07, 6.45) is 8.25. The first kappa shape index (κ1) is 26.8. The normalized spacial score (nSPS) is 29.5. The van der Waals surface area contributed by atoms with Crippen molar-refractivity contribution >= 4 is 5.91 Å². The van der Waals surface area contributed by atoms with Gasteiger partial charge in [-0.15, -0.1) is 0 Å². The topological polar surface area (TPSA) is 53.6 Å². The highest BCUT2D eigenvalue weighted by Gasteiger charge is 2.54. The number of ether oxygens (including phenoxy) is 1. The Morgan fingerprint density at radius 1 is 1.03 bits per heavy atom. The van der Waals surface area contributed by atoms with E-state index in [0.717, 1.165) is 30.7 Å². The molecule has 3 fully saturated rings. The molecule has 1 amide bonds. The Kier molecular flexibility index (Phi) is 7.69. The number of nitrogens with zero attached hydrogens (tertiary/aromatic N) is 1. The van der Waals surface area contributed by atoms with E-state index in [1.165, 1.54) is 37.7 Å². The first-order valence-electron chi connectivity index (χ1n) is 15.2. The third-order valence-corrected chi connectivity index (χ3v) is 9.97. The second-order valence-electron chi connectivity index (χ2n) is 12.6. The summed E-state index contributed by atoms with van der Waals surface area (Å²) in [5.41, 5.74) is 2.35. The summed E-state index contributed by atoms with van der Waals surface area (Å²) in [7, 11) is 0. The van der Waals surface area contributed by atoms with Gasteiger partial charge in [-0.25, -0.2) is 4.39 Å². The van der Waals surface area contributed by atoms with E-state index in [4.69, 9.17) is 4.74 Å². The van der Waals surface area contributed by atoms with Gasteiger partial charge in [0.15, 0.2) is 0 Å². The van der Waals surface area contributed by atoms with Gasteiger partial charge in [-0.05, 0) is 69.1 Å². The molecule has 4 atom stereocenters. The minimum atomic E-state index is -0.613. The Labute approximate surface area is 232 Å². The van der Waals surface area contributed by atoms with Gasteiger partial charge in [-0.3, -0.25) is 4.79 Å². The molecule has 1 aliphatic carbocycles. The SMILES string of the molecule is CC(C)Oc1ccc(F)c2c1CNCC21CNCC1C(=O)N1CCC(c2ccccc2)CC1C1CCCCC1. The van der Waals surface area contributed by atoms with Crippen molar-refractivity contribution in [2.24, 2.45) is 11.8 Å². The number of likely N-dealkylation sites (tertiary alicyclic amines) is 1. The Hall–Kier alpha value is -2.44. The monoisotopic (exact) mass is 533 g/mol. The number of piperidine rings is 1. The van der Waals surface area contributed by atoms with Gasteiger partial charge in [0.25, 0.3) is 0 Å². The lowest BCUT2D eigenvalue weighted by Gasteiger charge is -2.48. The van der Waals surface area contributed by atoms with Crippen LogP contribution in [-0.2, 0) is 16.8 Å².